The molecule has 6 nitrogen and oxygen atoms in total. The van der Waals surface area contributed by atoms with Crippen LogP contribution in [0.3, 0.4) is 0 Å². The number of ether oxygens (including phenoxy) is 1. The Labute approximate surface area is 187 Å². The van der Waals surface area contributed by atoms with Gasteiger partial charge in [-0.1, -0.05) is 29.8 Å². The Bertz CT molecular complexity index is 1090. The summed E-state index contributed by atoms with van der Waals surface area (Å²) in [6, 6.07) is 10.3. The van der Waals surface area contributed by atoms with Crippen LogP contribution in [0.4, 0.5) is 23.7 Å². The SMILES string of the molecule is CC(C)(C)OC(=O)N(c1cccc2[nH]ncc12)C(CO)(CC(F)(F)F)c1ccc(Cl)cc1. The van der Waals surface area contributed by atoms with Crippen molar-refractivity contribution in [2.24, 2.45) is 0 Å². The van der Waals surface area contributed by atoms with Crippen molar-refractivity contribution < 1.29 is 27.8 Å². The number of nitrogens with one attached hydrogen (secondary N) is 1. The van der Waals surface area contributed by atoms with Gasteiger partial charge >= 0.3 is 12.3 Å². The van der Waals surface area contributed by atoms with Gasteiger partial charge in [0.05, 0.1) is 30.4 Å². The fraction of sp³-hybridized carbons (Fsp3) is 0.364. The maximum Gasteiger partial charge on any atom is 0.415 e. The molecule has 1 unspecified atom stereocenters. The number of nitrogens with zero attached hydrogens (tertiary/aromatic N) is 2. The first-order valence-corrected chi connectivity index (χ1v) is 10.1. The van der Waals surface area contributed by atoms with Gasteiger partial charge in [-0.2, -0.15) is 18.3 Å². The van der Waals surface area contributed by atoms with Gasteiger partial charge in [-0.05, 0) is 50.6 Å². The lowest BCUT2D eigenvalue weighted by Crippen LogP contribution is -2.55. The second-order valence-corrected chi connectivity index (χ2v) is 8.85. The minimum absolute atomic E-state index is 0.0492. The monoisotopic (exact) mass is 469 g/mol. The summed E-state index contributed by atoms with van der Waals surface area (Å²) in [6.07, 6.45) is -5.89. The summed E-state index contributed by atoms with van der Waals surface area (Å²) in [4.78, 5) is 14.3. The molecule has 3 rings (SSSR count). The molecule has 10 heteroatoms. The lowest BCUT2D eigenvalue weighted by molar-refractivity contribution is -0.152. The zero-order valence-corrected chi connectivity index (χ0v) is 18.5. The number of aromatic amines is 1. The number of H-pyrrole nitrogens is 1. The average Bonchev–Trinajstić information content (AvgIpc) is 3.15. The molecule has 2 aromatic carbocycles. The van der Waals surface area contributed by atoms with Crippen LogP contribution >= 0.6 is 11.6 Å². The fourth-order valence-corrected chi connectivity index (χ4v) is 3.70. The van der Waals surface area contributed by atoms with E-state index in [2.05, 4.69) is 10.2 Å². The van der Waals surface area contributed by atoms with E-state index in [1.807, 2.05) is 0 Å². The Morgan fingerprint density at radius 1 is 1.16 bits per heavy atom. The summed E-state index contributed by atoms with van der Waals surface area (Å²) in [5.41, 5.74) is -2.56. The van der Waals surface area contributed by atoms with Gasteiger partial charge in [0, 0.05) is 10.4 Å². The number of hydrogen-bond donors (Lipinski definition) is 2. The number of aliphatic hydroxyl groups is 1. The Morgan fingerprint density at radius 2 is 1.81 bits per heavy atom. The first-order chi connectivity index (χ1) is 14.9. The number of halogens is 4. The molecule has 1 atom stereocenters. The number of carbonyl (C=O) groups excluding carboxylic acids is 1. The van der Waals surface area contributed by atoms with Crippen molar-refractivity contribution >= 4 is 34.3 Å². The zero-order valence-electron chi connectivity index (χ0n) is 17.7. The standard InChI is InChI=1S/C22H23ClF3N3O3/c1-20(2,3)32-19(31)29(18-6-4-5-17-16(18)11-27-28-17)21(13-30,12-22(24,25)26)14-7-9-15(23)10-8-14/h4-11,30H,12-13H2,1-3H3,(H,27,28). The Kier molecular flexibility index (Phi) is 6.44. The minimum Gasteiger partial charge on any atom is -0.443 e. The molecular formula is C22H23ClF3N3O3. The van der Waals surface area contributed by atoms with Crippen molar-refractivity contribution in [1.29, 1.82) is 0 Å². The van der Waals surface area contributed by atoms with Crippen molar-refractivity contribution in [3.8, 4) is 0 Å². The van der Waals surface area contributed by atoms with Crippen molar-refractivity contribution in [3.05, 3.63) is 59.2 Å². The molecule has 0 aliphatic rings. The van der Waals surface area contributed by atoms with Crippen LogP contribution in [0.25, 0.3) is 10.9 Å². The smallest absolute Gasteiger partial charge is 0.415 e. The molecule has 1 aromatic heterocycles. The number of alkyl halides is 3. The zero-order chi connectivity index (χ0) is 23.7. The number of rotatable bonds is 5. The Hall–Kier alpha value is -2.78. The second kappa shape index (κ2) is 8.63. The molecule has 0 bridgehead atoms. The number of aromatic nitrogens is 2. The maximum absolute atomic E-state index is 13.9. The first-order valence-electron chi connectivity index (χ1n) is 9.75. The number of aliphatic hydroxyl groups excluding tert-OH is 1. The number of fused-ring (bicyclic) bond motifs is 1. The van der Waals surface area contributed by atoms with E-state index in [0.717, 1.165) is 4.90 Å². The molecule has 1 amide bonds. The largest absolute Gasteiger partial charge is 0.443 e. The van der Waals surface area contributed by atoms with Crippen LogP contribution in [0.5, 0.6) is 0 Å². The molecule has 1 heterocycles. The minimum atomic E-state index is -4.73. The number of hydrogen-bond acceptors (Lipinski definition) is 4. The van der Waals surface area contributed by atoms with Crippen LogP contribution in [0.15, 0.2) is 48.7 Å². The molecule has 32 heavy (non-hydrogen) atoms. The molecule has 0 fully saturated rings. The topological polar surface area (TPSA) is 78.5 Å². The number of amides is 1. The van der Waals surface area contributed by atoms with Crippen LogP contribution in [-0.4, -0.2) is 39.8 Å². The summed E-state index contributed by atoms with van der Waals surface area (Å²) >= 11 is 5.95. The van der Waals surface area contributed by atoms with Crippen molar-refractivity contribution in [1.82, 2.24) is 10.2 Å². The summed E-state index contributed by atoms with van der Waals surface area (Å²) in [7, 11) is 0. The molecule has 0 aliphatic heterocycles. The molecule has 0 spiro atoms. The van der Waals surface area contributed by atoms with E-state index in [0.29, 0.717) is 15.9 Å². The maximum atomic E-state index is 13.9. The van der Waals surface area contributed by atoms with E-state index >= 15 is 0 Å². The van der Waals surface area contributed by atoms with Gasteiger partial charge in [0.2, 0.25) is 0 Å². The molecule has 0 aliphatic carbocycles. The van der Waals surface area contributed by atoms with Crippen molar-refractivity contribution in [2.45, 2.75) is 44.5 Å². The highest BCUT2D eigenvalue weighted by molar-refractivity contribution is 6.30. The van der Waals surface area contributed by atoms with Gasteiger partial charge in [0.15, 0.2) is 0 Å². The van der Waals surface area contributed by atoms with Crippen molar-refractivity contribution in [3.63, 3.8) is 0 Å². The summed E-state index contributed by atoms with van der Waals surface area (Å²) in [6.45, 7) is 3.79. The van der Waals surface area contributed by atoms with E-state index in [1.54, 1.807) is 32.9 Å². The molecular weight excluding hydrogens is 447 g/mol. The lowest BCUT2D eigenvalue weighted by atomic mass is 9.84. The van der Waals surface area contributed by atoms with Crippen LogP contribution < -0.4 is 4.90 Å². The van der Waals surface area contributed by atoms with E-state index < -0.39 is 36.4 Å². The molecule has 172 valence electrons. The van der Waals surface area contributed by atoms with E-state index in [-0.39, 0.29) is 11.3 Å². The van der Waals surface area contributed by atoms with E-state index in [4.69, 9.17) is 16.3 Å². The normalized spacial score (nSPS) is 14.2. The van der Waals surface area contributed by atoms with Crippen molar-refractivity contribution in [2.75, 3.05) is 11.5 Å². The summed E-state index contributed by atoms with van der Waals surface area (Å²) < 4.78 is 47.2. The average molecular weight is 470 g/mol. The van der Waals surface area contributed by atoms with E-state index in [9.17, 15) is 23.1 Å². The van der Waals surface area contributed by atoms with Gasteiger partial charge in [-0.15, -0.1) is 0 Å². The number of carbonyl (C=O) groups is 1. The van der Waals surface area contributed by atoms with Crippen LogP contribution in [0.1, 0.15) is 32.8 Å². The third kappa shape index (κ3) is 4.99. The van der Waals surface area contributed by atoms with Gasteiger partial charge in [0.25, 0.3) is 0 Å². The Balaban J connectivity index is 2.33. The molecule has 0 saturated carbocycles. The second-order valence-electron chi connectivity index (χ2n) is 8.41. The predicted molar refractivity (Wildman–Crippen MR) is 116 cm³/mol. The highest BCUT2D eigenvalue weighted by atomic mass is 35.5. The summed E-state index contributed by atoms with van der Waals surface area (Å²) in [5, 5.41) is 17.8. The Morgan fingerprint density at radius 3 is 2.38 bits per heavy atom. The third-order valence-electron chi connectivity index (χ3n) is 4.84. The molecule has 3 aromatic rings. The van der Waals surface area contributed by atoms with Gasteiger partial charge in [0.1, 0.15) is 11.1 Å². The number of benzene rings is 2. The molecule has 2 N–H and O–H groups in total. The predicted octanol–water partition coefficient (Wildman–Crippen LogP) is 5.80. The number of anilines is 1. The molecule has 0 saturated heterocycles. The van der Waals surface area contributed by atoms with Gasteiger partial charge < -0.3 is 9.84 Å². The lowest BCUT2D eigenvalue weighted by Gasteiger charge is -2.44. The van der Waals surface area contributed by atoms with Crippen LogP contribution in [0.2, 0.25) is 5.02 Å². The van der Waals surface area contributed by atoms with E-state index in [1.165, 1.54) is 36.5 Å². The van der Waals surface area contributed by atoms with Crippen LogP contribution in [0, 0.1) is 0 Å². The first kappa shape index (κ1) is 23.9. The van der Waals surface area contributed by atoms with Gasteiger partial charge in [-0.3, -0.25) is 10.00 Å². The molecule has 0 radical (unpaired) electrons. The van der Waals surface area contributed by atoms with Gasteiger partial charge in [-0.25, -0.2) is 4.79 Å². The third-order valence-corrected chi connectivity index (χ3v) is 5.09. The summed E-state index contributed by atoms with van der Waals surface area (Å²) in [5.74, 6) is 0. The highest BCUT2D eigenvalue weighted by Gasteiger charge is 2.51. The highest BCUT2D eigenvalue weighted by Crippen LogP contribution is 2.44. The quantitative estimate of drug-likeness (QED) is 0.495. The van der Waals surface area contributed by atoms with Crippen LogP contribution in [-0.2, 0) is 10.3 Å². The fourth-order valence-electron chi connectivity index (χ4n) is 3.58.